The van der Waals surface area contributed by atoms with Crippen LogP contribution in [0, 0.1) is 0 Å². The minimum Gasteiger partial charge on any atom is -0.508 e. The van der Waals surface area contributed by atoms with Crippen molar-refractivity contribution in [2.45, 2.75) is 24.2 Å². The molecule has 0 amide bonds. The SMILES string of the molecule is COCC1=C([C@H](O)CC/C(=C/c2ccc(O)cc2Cl)c2ccccn2)[C@H](CO)S(=O)(=O)C1. The Morgan fingerprint density at radius 3 is 2.75 bits per heavy atom. The van der Waals surface area contributed by atoms with Gasteiger partial charge in [0.2, 0.25) is 0 Å². The number of allylic oxidation sites excluding steroid dienone is 1. The fourth-order valence-electron chi connectivity index (χ4n) is 3.90. The lowest BCUT2D eigenvalue weighted by Crippen LogP contribution is -2.29. The van der Waals surface area contributed by atoms with Gasteiger partial charge in [-0.1, -0.05) is 17.7 Å². The van der Waals surface area contributed by atoms with Crippen molar-refractivity contribution in [1.29, 1.82) is 0 Å². The van der Waals surface area contributed by atoms with E-state index >= 15 is 0 Å². The number of aromatic nitrogens is 1. The van der Waals surface area contributed by atoms with Crippen LogP contribution in [-0.2, 0) is 14.6 Å². The number of phenols is 1. The molecule has 0 fully saturated rings. The predicted octanol–water partition coefficient (Wildman–Crippen LogP) is 2.85. The number of pyridine rings is 1. The highest BCUT2D eigenvalue weighted by atomic mass is 35.5. The summed E-state index contributed by atoms with van der Waals surface area (Å²) < 4.78 is 30.0. The maximum Gasteiger partial charge on any atom is 0.163 e. The number of ether oxygens (including phenoxy) is 1. The number of aliphatic hydroxyl groups excluding tert-OH is 2. The number of rotatable bonds is 9. The van der Waals surface area contributed by atoms with Crippen molar-refractivity contribution in [1.82, 2.24) is 4.98 Å². The molecule has 1 aromatic heterocycles. The molecule has 7 nitrogen and oxygen atoms in total. The molecule has 2 aromatic rings. The Bertz CT molecular complexity index is 1110. The molecule has 0 saturated carbocycles. The van der Waals surface area contributed by atoms with Gasteiger partial charge in [-0.25, -0.2) is 8.42 Å². The lowest BCUT2D eigenvalue weighted by molar-refractivity contribution is 0.184. The maximum absolute atomic E-state index is 12.4. The lowest BCUT2D eigenvalue weighted by Gasteiger charge is -2.19. The largest absolute Gasteiger partial charge is 0.508 e. The second-order valence-corrected chi connectivity index (χ2v) is 10.2. The molecule has 2 heterocycles. The summed E-state index contributed by atoms with van der Waals surface area (Å²) in [6, 6.07) is 10.1. The zero-order valence-electron chi connectivity index (χ0n) is 17.6. The van der Waals surface area contributed by atoms with Gasteiger partial charge in [0.15, 0.2) is 9.84 Å². The van der Waals surface area contributed by atoms with Crippen molar-refractivity contribution < 1.29 is 28.5 Å². The number of benzene rings is 1. The Kier molecular flexibility index (Phi) is 8.08. The molecule has 0 aliphatic carbocycles. The minimum absolute atomic E-state index is 0.0528. The molecule has 1 aliphatic rings. The summed E-state index contributed by atoms with van der Waals surface area (Å²) in [5.41, 5.74) is 2.96. The molecule has 172 valence electrons. The Hall–Kier alpha value is -2.23. The molecule has 1 aliphatic heterocycles. The molecule has 0 saturated heterocycles. The first-order valence-corrected chi connectivity index (χ1v) is 12.2. The Labute approximate surface area is 192 Å². The van der Waals surface area contributed by atoms with Gasteiger partial charge in [0, 0.05) is 13.3 Å². The van der Waals surface area contributed by atoms with E-state index in [4.69, 9.17) is 16.3 Å². The highest BCUT2D eigenvalue weighted by molar-refractivity contribution is 7.92. The third-order valence-electron chi connectivity index (χ3n) is 5.40. The minimum atomic E-state index is -3.58. The third-order valence-corrected chi connectivity index (χ3v) is 7.75. The number of sulfone groups is 1. The fourth-order valence-corrected chi connectivity index (χ4v) is 6.01. The summed E-state index contributed by atoms with van der Waals surface area (Å²) >= 11 is 6.26. The standard InChI is InChI=1S/C23H26ClNO6S/c1-31-13-17-14-32(29,30)22(12-26)23(17)21(28)8-6-16(20-4-2-3-9-25-20)10-15-5-7-18(27)11-19(15)24/h2-5,7,9-11,21-22,26-28H,6,8,12-14H2,1H3/b16-10-/t21-,22+/m1/s1. The number of methoxy groups -OCH3 is 1. The Balaban J connectivity index is 1.90. The van der Waals surface area contributed by atoms with Crippen LogP contribution in [0.25, 0.3) is 11.6 Å². The number of aromatic hydroxyl groups is 1. The van der Waals surface area contributed by atoms with E-state index in [-0.39, 0.29) is 24.5 Å². The van der Waals surface area contributed by atoms with Gasteiger partial charge in [-0.2, -0.15) is 0 Å². The molecule has 3 rings (SSSR count). The zero-order valence-corrected chi connectivity index (χ0v) is 19.2. The summed E-state index contributed by atoms with van der Waals surface area (Å²) in [6.07, 6.45) is 3.00. The van der Waals surface area contributed by atoms with Gasteiger partial charge in [0.25, 0.3) is 0 Å². The lowest BCUT2D eigenvalue weighted by atomic mass is 9.94. The summed E-state index contributed by atoms with van der Waals surface area (Å²) in [4.78, 5) is 4.39. The van der Waals surface area contributed by atoms with Crippen LogP contribution < -0.4 is 0 Å². The normalized spacial score (nSPS) is 19.4. The van der Waals surface area contributed by atoms with Crippen LogP contribution in [0.4, 0.5) is 0 Å². The van der Waals surface area contributed by atoms with Crippen LogP contribution in [0.15, 0.2) is 53.7 Å². The molecule has 0 radical (unpaired) electrons. The maximum atomic E-state index is 12.4. The molecule has 2 atom stereocenters. The summed E-state index contributed by atoms with van der Waals surface area (Å²) in [5.74, 6) is -0.179. The number of halogens is 1. The van der Waals surface area contributed by atoms with Crippen LogP contribution in [0.3, 0.4) is 0 Å². The summed E-state index contributed by atoms with van der Waals surface area (Å²) in [6.45, 7) is -0.512. The summed E-state index contributed by atoms with van der Waals surface area (Å²) in [7, 11) is -2.13. The Morgan fingerprint density at radius 1 is 1.34 bits per heavy atom. The van der Waals surface area contributed by atoms with Crippen molar-refractivity contribution in [2.24, 2.45) is 0 Å². The molecule has 0 bridgehead atoms. The van der Waals surface area contributed by atoms with Crippen molar-refractivity contribution in [3.8, 4) is 5.75 Å². The monoisotopic (exact) mass is 479 g/mol. The quantitative estimate of drug-likeness (QED) is 0.473. The van der Waals surface area contributed by atoms with Crippen molar-refractivity contribution in [2.75, 3.05) is 26.1 Å². The van der Waals surface area contributed by atoms with E-state index in [1.807, 2.05) is 18.2 Å². The van der Waals surface area contributed by atoms with E-state index in [1.165, 1.54) is 19.2 Å². The molecule has 32 heavy (non-hydrogen) atoms. The van der Waals surface area contributed by atoms with Crippen LogP contribution in [0.1, 0.15) is 24.1 Å². The van der Waals surface area contributed by atoms with Gasteiger partial charge in [-0.3, -0.25) is 4.98 Å². The number of hydrogen-bond acceptors (Lipinski definition) is 7. The van der Waals surface area contributed by atoms with Gasteiger partial charge in [-0.15, -0.1) is 0 Å². The van der Waals surface area contributed by atoms with Gasteiger partial charge in [0.05, 0.1) is 35.8 Å². The second kappa shape index (κ2) is 10.6. The topological polar surface area (TPSA) is 117 Å². The first-order chi connectivity index (χ1) is 15.3. The van der Waals surface area contributed by atoms with Gasteiger partial charge < -0.3 is 20.1 Å². The van der Waals surface area contributed by atoms with Gasteiger partial charge >= 0.3 is 0 Å². The first-order valence-electron chi connectivity index (χ1n) is 10.1. The zero-order chi connectivity index (χ0) is 23.3. The second-order valence-electron chi connectivity index (χ2n) is 7.62. The number of nitrogens with zero attached hydrogens (tertiary/aromatic N) is 1. The summed E-state index contributed by atoms with van der Waals surface area (Å²) in [5, 5.41) is 29.5. The van der Waals surface area contributed by atoms with Gasteiger partial charge in [0.1, 0.15) is 11.0 Å². The number of phenolic OH excluding ortho intramolecular Hbond substituents is 1. The van der Waals surface area contributed by atoms with E-state index in [0.717, 1.165) is 5.57 Å². The smallest absolute Gasteiger partial charge is 0.163 e. The van der Waals surface area contributed by atoms with Crippen molar-refractivity contribution >= 4 is 33.1 Å². The Morgan fingerprint density at radius 2 is 2.12 bits per heavy atom. The average molecular weight is 480 g/mol. The highest BCUT2D eigenvalue weighted by Crippen LogP contribution is 2.34. The van der Waals surface area contributed by atoms with E-state index in [0.29, 0.717) is 33.8 Å². The molecule has 0 unspecified atom stereocenters. The van der Waals surface area contributed by atoms with E-state index < -0.39 is 27.8 Å². The van der Waals surface area contributed by atoms with Gasteiger partial charge in [-0.05, 0) is 71.5 Å². The number of aliphatic hydroxyl groups is 2. The van der Waals surface area contributed by atoms with Crippen LogP contribution in [0.2, 0.25) is 5.02 Å². The van der Waals surface area contributed by atoms with Crippen LogP contribution in [0.5, 0.6) is 5.75 Å². The van der Waals surface area contributed by atoms with E-state index in [2.05, 4.69) is 4.98 Å². The molecular weight excluding hydrogens is 454 g/mol. The van der Waals surface area contributed by atoms with E-state index in [1.54, 1.807) is 18.3 Å². The van der Waals surface area contributed by atoms with Crippen molar-refractivity contribution in [3.05, 3.63) is 70.0 Å². The highest BCUT2D eigenvalue weighted by Gasteiger charge is 2.41. The number of hydrogen-bond donors (Lipinski definition) is 3. The molecular formula is C23H26ClNO6S. The van der Waals surface area contributed by atoms with E-state index in [9.17, 15) is 23.7 Å². The molecule has 0 spiro atoms. The third kappa shape index (κ3) is 5.57. The molecule has 9 heteroatoms. The fraction of sp³-hybridized carbons (Fsp3) is 0.348. The van der Waals surface area contributed by atoms with Crippen LogP contribution in [-0.4, -0.2) is 66.2 Å². The predicted molar refractivity (Wildman–Crippen MR) is 124 cm³/mol. The molecule has 3 N–H and O–H groups in total. The molecule has 1 aromatic carbocycles. The first kappa shape index (κ1) is 24.4. The average Bonchev–Trinajstić information content (AvgIpc) is 3.02. The van der Waals surface area contributed by atoms with Crippen LogP contribution >= 0.6 is 11.6 Å². The van der Waals surface area contributed by atoms with Crippen molar-refractivity contribution in [3.63, 3.8) is 0 Å².